The summed E-state index contributed by atoms with van der Waals surface area (Å²) in [5.74, 6) is -2.77. The maximum absolute atomic E-state index is 11.9. The summed E-state index contributed by atoms with van der Waals surface area (Å²) in [6.45, 7) is 2.64. The first-order chi connectivity index (χ1) is 6.58. The second kappa shape index (κ2) is 4.83. The van der Waals surface area contributed by atoms with Gasteiger partial charge in [-0.25, -0.2) is 0 Å². The number of nitrogens with one attached hydrogen (secondary N) is 1. The number of amides is 1. The molecule has 7 heteroatoms. The van der Waals surface area contributed by atoms with Gasteiger partial charge in [-0.15, -0.1) is 11.6 Å². The van der Waals surface area contributed by atoms with Crippen LogP contribution in [-0.2, 0) is 9.59 Å². The normalized spacial score (nSPS) is 12.4. The minimum Gasteiger partial charge on any atom is -0.343 e. The first kappa shape index (κ1) is 14.2. The van der Waals surface area contributed by atoms with E-state index < -0.39 is 23.4 Å². The van der Waals surface area contributed by atoms with Gasteiger partial charge in [0.1, 0.15) is 5.78 Å². The minimum atomic E-state index is -4.94. The van der Waals surface area contributed by atoms with Crippen molar-refractivity contribution in [1.82, 2.24) is 5.32 Å². The lowest BCUT2D eigenvalue weighted by Gasteiger charge is -2.25. The third-order valence-electron chi connectivity index (χ3n) is 1.50. The first-order valence-electron chi connectivity index (χ1n) is 4.05. The molecule has 0 saturated carbocycles. The van der Waals surface area contributed by atoms with Gasteiger partial charge in [0, 0.05) is 12.0 Å². The topological polar surface area (TPSA) is 46.2 Å². The summed E-state index contributed by atoms with van der Waals surface area (Å²) in [5.41, 5.74) is -1.25. The van der Waals surface area contributed by atoms with Crippen molar-refractivity contribution in [3.05, 3.63) is 0 Å². The number of rotatable bonds is 4. The predicted molar refractivity (Wildman–Crippen MR) is 48.6 cm³/mol. The molecule has 0 unspecified atom stereocenters. The van der Waals surface area contributed by atoms with Crippen molar-refractivity contribution >= 4 is 23.3 Å². The second-order valence-corrected chi connectivity index (χ2v) is 3.95. The first-order valence-corrected chi connectivity index (χ1v) is 4.59. The molecule has 15 heavy (non-hydrogen) atoms. The highest BCUT2D eigenvalue weighted by molar-refractivity contribution is 6.27. The van der Waals surface area contributed by atoms with Crippen molar-refractivity contribution in [2.75, 3.05) is 5.88 Å². The molecule has 0 saturated heterocycles. The highest BCUT2D eigenvalue weighted by Gasteiger charge is 2.41. The van der Waals surface area contributed by atoms with Crippen LogP contribution in [0, 0.1) is 0 Å². The molecular weight excluding hydrogens is 235 g/mol. The summed E-state index contributed by atoms with van der Waals surface area (Å²) >= 11 is 5.20. The van der Waals surface area contributed by atoms with Gasteiger partial charge < -0.3 is 5.32 Å². The Morgan fingerprint density at radius 1 is 1.27 bits per heavy atom. The van der Waals surface area contributed by atoms with Gasteiger partial charge in [0.05, 0.1) is 5.88 Å². The number of ketones is 1. The lowest BCUT2D eigenvalue weighted by atomic mass is 9.98. The van der Waals surface area contributed by atoms with Crippen LogP contribution in [0.4, 0.5) is 13.2 Å². The van der Waals surface area contributed by atoms with Gasteiger partial charge in [0.25, 0.3) is 0 Å². The Morgan fingerprint density at radius 3 is 2.07 bits per heavy atom. The van der Waals surface area contributed by atoms with E-state index in [-0.39, 0.29) is 12.3 Å². The van der Waals surface area contributed by atoms with Crippen LogP contribution in [0.5, 0.6) is 0 Å². The van der Waals surface area contributed by atoms with Gasteiger partial charge in [-0.1, -0.05) is 0 Å². The van der Waals surface area contributed by atoms with Crippen molar-refractivity contribution in [3.63, 3.8) is 0 Å². The van der Waals surface area contributed by atoms with E-state index in [0.29, 0.717) is 0 Å². The Morgan fingerprint density at radius 2 is 1.73 bits per heavy atom. The molecule has 0 radical (unpaired) electrons. The molecule has 0 aliphatic carbocycles. The second-order valence-electron chi connectivity index (χ2n) is 3.68. The number of carbonyl (C=O) groups excluding carboxylic acids is 2. The highest BCUT2D eigenvalue weighted by atomic mass is 35.5. The molecule has 0 rings (SSSR count). The summed E-state index contributed by atoms with van der Waals surface area (Å²) in [7, 11) is 0. The molecule has 0 fully saturated rings. The standard InChI is InChI=1S/C8H11ClF3NO2/c1-7(2,3-5(14)4-9)13-6(15)8(10,11)12/h3-4H2,1-2H3,(H,13,15). The van der Waals surface area contributed by atoms with Crippen LogP contribution >= 0.6 is 11.6 Å². The number of hydrogen-bond acceptors (Lipinski definition) is 2. The number of alkyl halides is 4. The van der Waals surface area contributed by atoms with Crippen molar-refractivity contribution in [2.24, 2.45) is 0 Å². The summed E-state index contributed by atoms with van der Waals surface area (Å²) in [6, 6.07) is 0. The van der Waals surface area contributed by atoms with Gasteiger partial charge in [-0.05, 0) is 13.8 Å². The zero-order chi connectivity index (χ0) is 12.3. The Balaban J connectivity index is 4.38. The fraction of sp³-hybridized carbons (Fsp3) is 0.750. The lowest BCUT2D eigenvalue weighted by Crippen LogP contribution is -2.50. The number of hydrogen-bond donors (Lipinski definition) is 1. The van der Waals surface area contributed by atoms with E-state index in [1.807, 2.05) is 0 Å². The minimum absolute atomic E-state index is 0.238. The molecule has 1 amide bonds. The molecule has 0 spiro atoms. The molecule has 3 nitrogen and oxygen atoms in total. The Labute approximate surface area is 90.0 Å². The number of carbonyl (C=O) groups is 2. The average molecular weight is 246 g/mol. The van der Waals surface area contributed by atoms with E-state index in [1.165, 1.54) is 13.8 Å². The van der Waals surface area contributed by atoms with E-state index in [1.54, 1.807) is 5.32 Å². The zero-order valence-electron chi connectivity index (χ0n) is 8.24. The molecule has 88 valence electrons. The molecule has 0 atom stereocenters. The maximum Gasteiger partial charge on any atom is 0.471 e. The van der Waals surface area contributed by atoms with Crippen molar-refractivity contribution in [2.45, 2.75) is 32.0 Å². The summed E-state index contributed by atoms with van der Waals surface area (Å²) in [6.07, 6.45) is -5.18. The van der Waals surface area contributed by atoms with E-state index in [9.17, 15) is 22.8 Å². The van der Waals surface area contributed by atoms with Gasteiger partial charge in [-0.3, -0.25) is 9.59 Å². The van der Waals surface area contributed by atoms with Gasteiger partial charge in [-0.2, -0.15) is 13.2 Å². The summed E-state index contributed by atoms with van der Waals surface area (Å²) in [4.78, 5) is 21.5. The van der Waals surface area contributed by atoms with Crippen molar-refractivity contribution < 1.29 is 22.8 Å². The van der Waals surface area contributed by atoms with E-state index in [4.69, 9.17) is 11.6 Å². The largest absolute Gasteiger partial charge is 0.471 e. The lowest BCUT2D eigenvalue weighted by molar-refractivity contribution is -0.175. The van der Waals surface area contributed by atoms with Crippen LogP contribution in [0.25, 0.3) is 0 Å². The zero-order valence-corrected chi connectivity index (χ0v) is 9.00. The highest BCUT2D eigenvalue weighted by Crippen LogP contribution is 2.18. The molecule has 0 aliphatic rings. The van der Waals surface area contributed by atoms with Crippen LogP contribution in [0.15, 0.2) is 0 Å². The Hall–Kier alpha value is -0.780. The molecule has 0 heterocycles. The van der Waals surface area contributed by atoms with E-state index in [0.717, 1.165) is 0 Å². The maximum atomic E-state index is 11.9. The smallest absolute Gasteiger partial charge is 0.343 e. The van der Waals surface area contributed by atoms with Crippen molar-refractivity contribution in [3.8, 4) is 0 Å². The molecule has 0 aromatic heterocycles. The third-order valence-corrected chi connectivity index (χ3v) is 1.80. The Kier molecular flexibility index (Phi) is 4.58. The average Bonchev–Trinajstić information content (AvgIpc) is 2.00. The molecule has 0 aromatic carbocycles. The predicted octanol–water partition coefficient (Wildman–Crippen LogP) is 1.64. The van der Waals surface area contributed by atoms with Crippen molar-refractivity contribution in [1.29, 1.82) is 0 Å². The fourth-order valence-electron chi connectivity index (χ4n) is 0.963. The molecule has 1 N–H and O–H groups in total. The SMILES string of the molecule is CC(C)(CC(=O)CCl)NC(=O)C(F)(F)F. The third kappa shape index (κ3) is 5.61. The van der Waals surface area contributed by atoms with Crippen LogP contribution in [0.2, 0.25) is 0 Å². The summed E-state index contributed by atoms with van der Waals surface area (Å²) in [5, 5.41) is 1.72. The fourth-order valence-corrected chi connectivity index (χ4v) is 1.06. The molecule has 0 aromatic rings. The molecular formula is C8H11ClF3NO2. The van der Waals surface area contributed by atoms with Crippen LogP contribution in [-0.4, -0.2) is 29.3 Å². The van der Waals surface area contributed by atoms with Gasteiger partial charge in [0.2, 0.25) is 0 Å². The Bertz CT molecular complexity index is 263. The monoisotopic (exact) mass is 245 g/mol. The van der Waals surface area contributed by atoms with Crippen LogP contribution < -0.4 is 5.32 Å². The van der Waals surface area contributed by atoms with Gasteiger partial charge in [0.15, 0.2) is 0 Å². The number of Topliss-reactive ketones (excluding diaryl/α,β-unsaturated/α-hetero) is 1. The number of halogens is 4. The van der Waals surface area contributed by atoms with Crippen LogP contribution in [0.3, 0.4) is 0 Å². The van der Waals surface area contributed by atoms with Gasteiger partial charge >= 0.3 is 12.1 Å². The quantitative estimate of drug-likeness (QED) is 0.766. The molecule has 0 bridgehead atoms. The van der Waals surface area contributed by atoms with Crippen LogP contribution in [0.1, 0.15) is 20.3 Å². The summed E-state index contributed by atoms with van der Waals surface area (Å²) < 4.78 is 35.6. The van der Waals surface area contributed by atoms with E-state index in [2.05, 4.69) is 0 Å². The van der Waals surface area contributed by atoms with E-state index >= 15 is 0 Å². The molecule has 0 aliphatic heterocycles.